The van der Waals surface area contributed by atoms with Crippen LogP contribution >= 0.6 is 0 Å². The van der Waals surface area contributed by atoms with Gasteiger partial charge in [0, 0.05) is 18.0 Å². The summed E-state index contributed by atoms with van der Waals surface area (Å²) in [7, 11) is 0. The molecule has 1 rings (SSSR count). The van der Waals surface area contributed by atoms with Gasteiger partial charge < -0.3 is 10.4 Å². The average Bonchev–Trinajstić information content (AvgIpc) is 2.33. The molecule has 0 aromatic heterocycles. The number of nitrogens with one attached hydrogen (secondary N) is 1. The lowest BCUT2D eigenvalue weighted by atomic mass is 9.89. The predicted molar refractivity (Wildman–Crippen MR) is 76.4 cm³/mol. The van der Waals surface area contributed by atoms with E-state index < -0.39 is 6.10 Å². The lowest BCUT2D eigenvalue weighted by Crippen LogP contribution is -2.33. The molecular formula is C16H21NO2. The lowest BCUT2D eigenvalue weighted by molar-refractivity contribution is -0.116. The van der Waals surface area contributed by atoms with Gasteiger partial charge in [0.25, 0.3) is 5.91 Å². The number of carbonyl (C=O) groups is 1. The van der Waals surface area contributed by atoms with Crippen LogP contribution in [0.2, 0.25) is 0 Å². The standard InChI is InChI=1S/C16H21NO2/c1-16(2,3)11-14(18)12-17-15(19)10-9-13-7-5-4-6-8-13/h4-8,14,18H,11-12H2,1-3H3,(H,17,19). The second-order valence-electron chi connectivity index (χ2n) is 5.74. The van der Waals surface area contributed by atoms with E-state index in [0.717, 1.165) is 5.56 Å². The number of aliphatic hydroxyl groups is 1. The molecule has 0 saturated carbocycles. The van der Waals surface area contributed by atoms with E-state index in [9.17, 15) is 9.90 Å². The second-order valence-corrected chi connectivity index (χ2v) is 5.74. The first-order valence-corrected chi connectivity index (χ1v) is 6.40. The molecule has 102 valence electrons. The zero-order valence-corrected chi connectivity index (χ0v) is 11.7. The van der Waals surface area contributed by atoms with E-state index in [-0.39, 0.29) is 17.9 Å². The summed E-state index contributed by atoms with van der Waals surface area (Å²) in [5, 5.41) is 12.4. The second kappa shape index (κ2) is 6.96. The van der Waals surface area contributed by atoms with Gasteiger partial charge in [0.15, 0.2) is 0 Å². The first kappa shape index (κ1) is 15.3. The highest BCUT2D eigenvalue weighted by Crippen LogP contribution is 2.20. The molecule has 19 heavy (non-hydrogen) atoms. The van der Waals surface area contributed by atoms with Crippen molar-refractivity contribution in [1.82, 2.24) is 5.32 Å². The van der Waals surface area contributed by atoms with Crippen molar-refractivity contribution in [1.29, 1.82) is 0 Å². The highest BCUT2D eigenvalue weighted by molar-refractivity contribution is 5.94. The van der Waals surface area contributed by atoms with Crippen molar-refractivity contribution >= 4 is 5.91 Å². The van der Waals surface area contributed by atoms with Crippen LogP contribution in [0.25, 0.3) is 0 Å². The minimum Gasteiger partial charge on any atom is -0.391 e. The number of hydrogen-bond donors (Lipinski definition) is 2. The number of benzene rings is 1. The maximum Gasteiger partial charge on any atom is 0.296 e. The van der Waals surface area contributed by atoms with Gasteiger partial charge in [-0.1, -0.05) is 44.9 Å². The van der Waals surface area contributed by atoms with Gasteiger partial charge >= 0.3 is 0 Å². The average molecular weight is 259 g/mol. The van der Waals surface area contributed by atoms with E-state index in [2.05, 4.69) is 17.2 Å². The zero-order chi connectivity index (χ0) is 14.3. The smallest absolute Gasteiger partial charge is 0.296 e. The molecule has 1 aromatic rings. The molecule has 2 N–H and O–H groups in total. The first-order chi connectivity index (χ1) is 8.87. The van der Waals surface area contributed by atoms with Gasteiger partial charge in [-0.15, -0.1) is 0 Å². The van der Waals surface area contributed by atoms with Gasteiger partial charge in [0.05, 0.1) is 6.10 Å². The van der Waals surface area contributed by atoms with Gasteiger partial charge in [0.1, 0.15) is 0 Å². The summed E-state index contributed by atoms with van der Waals surface area (Å²) >= 11 is 0. The summed E-state index contributed by atoms with van der Waals surface area (Å²) in [5.41, 5.74) is 0.841. The molecule has 0 fully saturated rings. The highest BCUT2D eigenvalue weighted by Gasteiger charge is 2.16. The molecule has 0 spiro atoms. The Morgan fingerprint density at radius 3 is 2.53 bits per heavy atom. The maximum absolute atomic E-state index is 11.5. The van der Waals surface area contributed by atoms with Crippen LogP contribution < -0.4 is 5.32 Å². The fraction of sp³-hybridized carbons (Fsp3) is 0.438. The summed E-state index contributed by atoms with van der Waals surface area (Å²) < 4.78 is 0. The summed E-state index contributed by atoms with van der Waals surface area (Å²) in [4.78, 5) is 11.5. The largest absolute Gasteiger partial charge is 0.391 e. The van der Waals surface area contributed by atoms with Crippen molar-refractivity contribution in [3.8, 4) is 11.8 Å². The predicted octanol–water partition coefficient (Wildman–Crippen LogP) is 1.95. The van der Waals surface area contributed by atoms with E-state index in [0.29, 0.717) is 6.42 Å². The van der Waals surface area contributed by atoms with Crippen LogP contribution in [0.3, 0.4) is 0 Å². The quantitative estimate of drug-likeness (QED) is 0.815. The van der Waals surface area contributed by atoms with Crippen LogP contribution in [-0.4, -0.2) is 23.7 Å². The maximum atomic E-state index is 11.5. The number of aliphatic hydroxyl groups excluding tert-OH is 1. The molecule has 0 bridgehead atoms. The summed E-state index contributed by atoms with van der Waals surface area (Å²) in [6, 6.07) is 9.32. The van der Waals surface area contributed by atoms with E-state index in [1.807, 2.05) is 51.1 Å². The monoisotopic (exact) mass is 259 g/mol. The normalized spacial score (nSPS) is 12.2. The Labute approximate surface area is 115 Å². The molecule has 1 amide bonds. The van der Waals surface area contributed by atoms with Crippen molar-refractivity contribution in [2.45, 2.75) is 33.3 Å². The molecule has 1 atom stereocenters. The molecule has 0 saturated heterocycles. The number of amides is 1. The van der Waals surface area contributed by atoms with Crippen molar-refractivity contribution in [3.05, 3.63) is 35.9 Å². The van der Waals surface area contributed by atoms with E-state index in [4.69, 9.17) is 0 Å². The van der Waals surface area contributed by atoms with Crippen LogP contribution in [0.5, 0.6) is 0 Å². The summed E-state index contributed by atoms with van der Waals surface area (Å²) in [6.45, 7) is 6.38. The molecule has 3 heteroatoms. The number of carbonyl (C=O) groups excluding carboxylic acids is 1. The summed E-state index contributed by atoms with van der Waals surface area (Å²) in [5.74, 6) is 4.91. The Kier molecular flexibility index (Phi) is 5.59. The molecule has 0 aliphatic heterocycles. The summed E-state index contributed by atoms with van der Waals surface area (Å²) in [6.07, 6.45) is 0.0989. The van der Waals surface area contributed by atoms with Crippen molar-refractivity contribution in [2.24, 2.45) is 5.41 Å². The minimum absolute atomic E-state index is 0.0415. The third-order valence-electron chi connectivity index (χ3n) is 2.44. The Bertz CT molecular complexity index is 463. The van der Waals surface area contributed by atoms with E-state index in [1.165, 1.54) is 0 Å². The third-order valence-corrected chi connectivity index (χ3v) is 2.44. The van der Waals surface area contributed by atoms with Crippen molar-refractivity contribution in [3.63, 3.8) is 0 Å². The first-order valence-electron chi connectivity index (χ1n) is 6.40. The molecule has 1 unspecified atom stereocenters. The number of rotatable bonds is 3. The van der Waals surface area contributed by atoms with Gasteiger partial charge in [-0.25, -0.2) is 0 Å². The van der Waals surface area contributed by atoms with Gasteiger partial charge in [-0.05, 0) is 24.0 Å². The molecule has 3 nitrogen and oxygen atoms in total. The van der Waals surface area contributed by atoms with Gasteiger partial charge in [-0.3, -0.25) is 4.79 Å². The molecule has 0 aliphatic rings. The molecule has 0 radical (unpaired) electrons. The molecule has 1 aromatic carbocycles. The Hall–Kier alpha value is -1.79. The third kappa shape index (κ3) is 7.28. The van der Waals surface area contributed by atoms with Gasteiger partial charge in [-0.2, -0.15) is 0 Å². The van der Waals surface area contributed by atoms with Crippen LogP contribution in [0.15, 0.2) is 30.3 Å². The van der Waals surface area contributed by atoms with E-state index >= 15 is 0 Å². The van der Waals surface area contributed by atoms with E-state index in [1.54, 1.807) is 0 Å². The Balaban J connectivity index is 2.39. The number of hydrogen-bond acceptors (Lipinski definition) is 2. The van der Waals surface area contributed by atoms with Crippen LogP contribution in [0, 0.1) is 17.3 Å². The topological polar surface area (TPSA) is 49.3 Å². The zero-order valence-electron chi connectivity index (χ0n) is 11.7. The highest BCUT2D eigenvalue weighted by atomic mass is 16.3. The fourth-order valence-electron chi connectivity index (χ4n) is 1.68. The SMILES string of the molecule is CC(C)(C)CC(O)CNC(=O)C#Cc1ccccc1. The minimum atomic E-state index is -0.539. The van der Waals surface area contributed by atoms with Crippen LogP contribution in [0.1, 0.15) is 32.8 Å². The Morgan fingerprint density at radius 1 is 1.32 bits per heavy atom. The van der Waals surface area contributed by atoms with Crippen molar-refractivity contribution in [2.75, 3.05) is 6.54 Å². The van der Waals surface area contributed by atoms with Crippen molar-refractivity contribution < 1.29 is 9.90 Å². The van der Waals surface area contributed by atoms with Crippen LogP contribution in [-0.2, 0) is 4.79 Å². The van der Waals surface area contributed by atoms with Gasteiger partial charge in [0.2, 0.25) is 0 Å². The molecular weight excluding hydrogens is 238 g/mol. The molecule has 0 heterocycles. The fourth-order valence-corrected chi connectivity index (χ4v) is 1.68. The Morgan fingerprint density at radius 2 is 1.95 bits per heavy atom. The molecule has 0 aliphatic carbocycles. The lowest BCUT2D eigenvalue weighted by Gasteiger charge is -2.22. The van der Waals surface area contributed by atoms with Crippen LogP contribution in [0.4, 0.5) is 0 Å².